The summed E-state index contributed by atoms with van der Waals surface area (Å²) in [6.45, 7) is 3.48. The number of methoxy groups -OCH3 is 2. The van der Waals surface area contributed by atoms with Crippen molar-refractivity contribution in [3.05, 3.63) is 83.9 Å². The first-order valence-electron chi connectivity index (χ1n) is 10.9. The zero-order valence-electron chi connectivity index (χ0n) is 19.8. The molecule has 0 saturated heterocycles. The normalized spacial score (nSPS) is 12.0. The predicted octanol–water partition coefficient (Wildman–Crippen LogP) is 4.48. The molecule has 0 saturated carbocycles. The number of nitrogens with zero attached hydrogens (tertiary/aromatic N) is 1. The number of ether oxygens (including phenoxy) is 2. The van der Waals surface area contributed by atoms with Crippen molar-refractivity contribution in [2.75, 3.05) is 25.1 Å². The van der Waals surface area contributed by atoms with Crippen molar-refractivity contribution in [1.82, 2.24) is 5.32 Å². The van der Waals surface area contributed by atoms with E-state index in [1.54, 1.807) is 55.6 Å². The van der Waals surface area contributed by atoms with Crippen molar-refractivity contribution in [3.63, 3.8) is 0 Å². The van der Waals surface area contributed by atoms with Gasteiger partial charge in [-0.15, -0.1) is 0 Å². The van der Waals surface area contributed by atoms with E-state index >= 15 is 0 Å². The molecular formula is C26H30N2O5S. The number of carbonyl (C=O) groups excluding carboxylic acids is 1. The van der Waals surface area contributed by atoms with E-state index in [-0.39, 0.29) is 17.5 Å². The second-order valence-corrected chi connectivity index (χ2v) is 9.69. The molecule has 1 atom stereocenters. The van der Waals surface area contributed by atoms with Crippen LogP contribution in [0.1, 0.15) is 30.5 Å². The highest BCUT2D eigenvalue weighted by atomic mass is 32.2. The molecule has 0 bridgehead atoms. The second kappa shape index (κ2) is 11.1. The van der Waals surface area contributed by atoms with Crippen LogP contribution < -0.4 is 19.1 Å². The molecular weight excluding hydrogens is 452 g/mol. The van der Waals surface area contributed by atoms with Crippen LogP contribution in [0, 0.1) is 6.92 Å². The molecule has 3 rings (SSSR count). The van der Waals surface area contributed by atoms with E-state index in [2.05, 4.69) is 5.32 Å². The fourth-order valence-electron chi connectivity index (χ4n) is 3.53. The summed E-state index contributed by atoms with van der Waals surface area (Å²) in [5, 5.41) is 2.97. The average molecular weight is 483 g/mol. The van der Waals surface area contributed by atoms with Crippen LogP contribution in [0.5, 0.6) is 11.5 Å². The molecule has 0 spiro atoms. The van der Waals surface area contributed by atoms with Crippen molar-refractivity contribution in [2.24, 2.45) is 0 Å². The molecule has 180 valence electrons. The van der Waals surface area contributed by atoms with Gasteiger partial charge in [-0.25, -0.2) is 8.42 Å². The molecule has 1 amide bonds. The first kappa shape index (κ1) is 25.1. The molecule has 7 nitrogen and oxygen atoms in total. The van der Waals surface area contributed by atoms with Gasteiger partial charge >= 0.3 is 0 Å². The molecule has 3 aromatic rings. The van der Waals surface area contributed by atoms with Crippen molar-refractivity contribution in [2.45, 2.75) is 31.2 Å². The Hall–Kier alpha value is -3.52. The Kier molecular flexibility index (Phi) is 8.17. The summed E-state index contributed by atoms with van der Waals surface area (Å²) in [5.41, 5.74) is 2.22. The molecule has 0 fully saturated rings. The minimum absolute atomic E-state index is 0.115. The van der Waals surface area contributed by atoms with Crippen molar-refractivity contribution in [3.8, 4) is 11.5 Å². The lowest BCUT2D eigenvalue weighted by Gasteiger charge is -2.26. The summed E-state index contributed by atoms with van der Waals surface area (Å²) in [7, 11) is -0.858. The topological polar surface area (TPSA) is 84.9 Å². The summed E-state index contributed by atoms with van der Waals surface area (Å²) < 4.78 is 38.6. The lowest BCUT2D eigenvalue weighted by molar-refractivity contribution is -0.120. The molecule has 0 aromatic heterocycles. The third-order valence-corrected chi connectivity index (χ3v) is 7.31. The number of amides is 1. The number of carbonyl (C=O) groups is 1. The Morgan fingerprint density at radius 3 is 1.91 bits per heavy atom. The van der Waals surface area contributed by atoms with E-state index in [1.807, 2.05) is 38.1 Å². The quantitative estimate of drug-likeness (QED) is 0.461. The van der Waals surface area contributed by atoms with Gasteiger partial charge in [0.2, 0.25) is 5.91 Å². The van der Waals surface area contributed by atoms with E-state index < -0.39 is 15.9 Å². The standard InChI is InChI=1S/C26H30N2O5S/c1-5-25(20-8-12-22(32-3)13-9-20)27-26(29)18-28(21-10-14-23(33-4)15-11-21)34(30,31)24-16-6-19(2)7-17-24/h6-17,25H,5,18H2,1-4H3,(H,27,29). The molecule has 1 unspecified atom stereocenters. The lowest BCUT2D eigenvalue weighted by atomic mass is 10.0. The fraction of sp³-hybridized carbons (Fsp3) is 0.269. The number of aryl methyl sites for hydroxylation is 1. The monoisotopic (exact) mass is 482 g/mol. The minimum atomic E-state index is -3.99. The molecule has 0 aliphatic rings. The smallest absolute Gasteiger partial charge is 0.264 e. The average Bonchev–Trinajstić information content (AvgIpc) is 2.86. The summed E-state index contributed by atoms with van der Waals surface area (Å²) in [5.74, 6) is 0.903. The van der Waals surface area contributed by atoms with Crippen LogP contribution in [0.15, 0.2) is 77.7 Å². The van der Waals surface area contributed by atoms with Gasteiger partial charge in [0.15, 0.2) is 0 Å². The SMILES string of the molecule is CCC(NC(=O)CN(c1ccc(OC)cc1)S(=O)(=O)c1ccc(C)cc1)c1ccc(OC)cc1. The predicted molar refractivity (Wildman–Crippen MR) is 133 cm³/mol. The maximum Gasteiger partial charge on any atom is 0.264 e. The second-order valence-electron chi connectivity index (χ2n) is 7.82. The van der Waals surface area contributed by atoms with Crippen LogP contribution in [0.2, 0.25) is 0 Å². The lowest BCUT2D eigenvalue weighted by Crippen LogP contribution is -2.42. The summed E-state index contributed by atoms with van der Waals surface area (Å²) in [4.78, 5) is 13.2. The first-order chi connectivity index (χ1) is 16.3. The van der Waals surface area contributed by atoms with Crippen LogP contribution in [0.3, 0.4) is 0 Å². The largest absolute Gasteiger partial charge is 0.497 e. The molecule has 0 heterocycles. The summed E-state index contributed by atoms with van der Waals surface area (Å²) in [6.07, 6.45) is 0.644. The Labute approximate surface area is 201 Å². The molecule has 0 aliphatic carbocycles. The molecule has 1 N–H and O–H groups in total. The van der Waals surface area contributed by atoms with Crippen LogP contribution in [0.25, 0.3) is 0 Å². The van der Waals surface area contributed by atoms with E-state index in [4.69, 9.17) is 9.47 Å². The third-order valence-electron chi connectivity index (χ3n) is 5.52. The Balaban J connectivity index is 1.89. The van der Waals surface area contributed by atoms with E-state index in [1.165, 1.54) is 7.11 Å². The number of nitrogens with one attached hydrogen (secondary N) is 1. The van der Waals surface area contributed by atoms with Crippen LogP contribution in [-0.4, -0.2) is 35.1 Å². The first-order valence-corrected chi connectivity index (χ1v) is 12.4. The van der Waals surface area contributed by atoms with Gasteiger partial charge in [0.1, 0.15) is 18.0 Å². The minimum Gasteiger partial charge on any atom is -0.497 e. The number of rotatable bonds is 10. The fourth-order valence-corrected chi connectivity index (χ4v) is 4.95. The van der Waals surface area contributed by atoms with Gasteiger partial charge < -0.3 is 14.8 Å². The van der Waals surface area contributed by atoms with Gasteiger partial charge in [-0.1, -0.05) is 36.8 Å². The van der Waals surface area contributed by atoms with Crippen molar-refractivity contribution < 1.29 is 22.7 Å². The van der Waals surface area contributed by atoms with Crippen LogP contribution in [0.4, 0.5) is 5.69 Å². The van der Waals surface area contributed by atoms with Crippen molar-refractivity contribution >= 4 is 21.6 Å². The highest BCUT2D eigenvalue weighted by Crippen LogP contribution is 2.26. The maximum atomic E-state index is 13.5. The number of hydrogen-bond donors (Lipinski definition) is 1. The number of sulfonamides is 1. The molecule has 34 heavy (non-hydrogen) atoms. The zero-order valence-corrected chi connectivity index (χ0v) is 20.6. The van der Waals surface area contributed by atoms with E-state index in [0.717, 1.165) is 21.2 Å². The molecule has 0 aliphatic heterocycles. The van der Waals surface area contributed by atoms with Crippen LogP contribution in [-0.2, 0) is 14.8 Å². The van der Waals surface area contributed by atoms with Gasteiger partial charge in [-0.2, -0.15) is 0 Å². The third kappa shape index (κ3) is 5.88. The summed E-state index contributed by atoms with van der Waals surface area (Å²) in [6, 6.07) is 20.3. The van der Waals surface area contributed by atoms with Crippen LogP contribution >= 0.6 is 0 Å². The highest BCUT2D eigenvalue weighted by molar-refractivity contribution is 7.92. The highest BCUT2D eigenvalue weighted by Gasteiger charge is 2.28. The van der Waals surface area contributed by atoms with Gasteiger partial charge in [-0.05, 0) is 67.4 Å². The molecule has 8 heteroatoms. The Morgan fingerprint density at radius 2 is 1.41 bits per heavy atom. The van der Waals surface area contributed by atoms with Crippen molar-refractivity contribution in [1.29, 1.82) is 0 Å². The summed E-state index contributed by atoms with van der Waals surface area (Å²) >= 11 is 0. The zero-order chi connectivity index (χ0) is 24.7. The molecule has 0 radical (unpaired) electrons. The Morgan fingerprint density at radius 1 is 0.882 bits per heavy atom. The van der Waals surface area contributed by atoms with Gasteiger partial charge in [0.05, 0.1) is 30.8 Å². The van der Waals surface area contributed by atoms with E-state index in [0.29, 0.717) is 17.9 Å². The van der Waals surface area contributed by atoms with Gasteiger partial charge in [-0.3, -0.25) is 9.10 Å². The van der Waals surface area contributed by atoms with Gasteiger partial charge in [0.25, 0.3) is 10.0 Å². The number of anilines is 1. The number of hydrogen-bond acceptors (Lipinski definition) is 5. The van der Waals surface area contributed by atoms with Gasteiger partial charge in [0, 0.05) is 0 Å². The molecule has 3 aromatic carbocycles. The van der Waals surface area contributed by atoms with E-state index in [9.17, 15) is 13.2 Å². The number of benzene rings is 3. The maximum absolute atomic E-state index is 13.5. The Bertz CT molecular complexity index is 1190.